The van der Waals surface area contributed by atoms with Crippen LogP contribution in [0.15, 0.2) is 18.2 Å². The highest BCUT2D eigenvalue weighted by molar-refractivity contribution is 6.31. The molecule has 1 aliphatic carbocycles. The van der Waals surface area contributed by atoms with Crippen LogP contribution >= 0.6 is 11.6 Å². The number of nitrogens with two attached hydrogens (primary N) is 1. The van der Waals surface area contributed by atoms with Gasteiger partial charge in [-0.15, -0.1) is 0 Å². The molecule has 106 valence electrons. The molecule has 5 nitrogen and oxygen atoms in total. The molecule has 0 atom stereocenters. The quantitative estimate of drug-likeness (QED) is 0.649. The van der Waals surface area contributed by atoms with Crippen LogP contribution in [0.1, 0.15) is 31.2 Å². The molecule has 3 N–H and O–H groups in total. The Morgan fingerprint density at radius 3 is 2.65 bits per heavy atom. The number of halogens is 1. The first-order chi connectivity index (χ1) is 9.52. The number of anilines is 1. The highest BCUT2D eigenvalue weighted by atomic mass is 35.5. The molecule has 3 rings (SSSR count). The third-order valence-corrected chi connectivity index (χ3v) is 4.46. The van der Waals surface area contributed by atoms with Crippen molar-refractivity contribution in [2.45, 2.75) is 37.8 Å². The van der Waals surface area contributed by atoms with Gasteiger partial charge < -0.3 is 11.1 Å². The fraction of sp³-hybridized carbons (Fsp3) is 0.429. The van der Waals surface area contributed by atoms with Crippen LogP contribution in [0.5, 0.6) is 0 Å². The van der Waals surface area contributed by atoms with Gasteiger partial charge in [0.05, 0.1) is 6.54 Å². The highest BCUT2D eigenvalue weighted by Crippen LogP contribution is 2.36. The summed E-state index contributed by atoms with van der Waals surface area (Å²) in [6.45, 7) is 0.186. The van der Waals surface area contributed by atoms with Crippen molar-refractivity contribution < 1.29 is 9.59 Å². The van der Waals surface area contributed by atoms with Gasteiger partial charge in [0.25, 0.3) is 5.91 Å². The number of nitrogen functional groups attached to an aromatic ring is 1. The largest absolute Gasteiger partial charge is 0.399 e. The fourth-order valence-electron chi connectivity index (χ4n) is 3.00. The Morgan fingerprint density at radius 2 is 2.00 bits per heavy atom. The van der Waals surface area contributed by atoms with Crippen LogP contribution in [0, 0.1) is 0 Å². The van der Waals surface area contributed by atoms with Crippen molar-refractivity contribution in [3.8, 4) is 0 Å². The second kappa shape index (κ2) is 4.66. The Labute approximate surface area is 122 Å². The molecule has 0 bridgehead atoms. The summed E-state index contributed by atoms with van der Waals surface area (Å²) in [5.74, 6) is -0.132. The number of nitrogens with zero attached hydrogens (tertiary/aromatic N) is 1. The number of rotatable bonds is 2. The molecule has 6 heteroatoms. The zero-order chi connectivity index (χ0) is 14.3. The monoisotopic (exact) mass is 293 g/mol. The molecule has 3 amide bonds. The number of urea groups is 1. The smallest absolute Gasteiger partial charge is 0.325 e. The SMILES string of the molecule is Nc1ccc(CN2C(=O)NC3(CCCC3)C2=O)c(Cl)c1. The summed E-state index contributed by atoms with van der Waals surface area (Å²) >= 11 is 6.10. The Hall–Kier alpha value is -1.75. The Morgan fingerprint density at radius 1 is 1.30 bits per heavy atom. The number of amides is 3. The summed E-state index contributed by atoms with van der Waals surface area (Å²) in [5, 5.41) is 3.32. The topological polar surface area (TPSA) is 75.4 Å². The third kappa shape index (κ3) is 2.02. The second-order valence-corrected chi connectivity index (χ2v) is 5.87. The zero-order valence-electron chi connectivity index (χ0n) is 11.0. The number of carbonyl (C=O) groups is 2. The van der Waals surface area contributed by atoms with Crippen molar-refractivity contribution in [3.05, 3.63) is 28.8 Å². The molecule has 0 aromatic heterocycles. The van der Waals surface area contributed by atoms with Crippen LogP contribution in [-0.2, 0) is 11.3 Å². The first-order valence-corrected chi connectivity index (χ1v) is 7.08. The maximum atomic E-state index is 12.5. The summed E-state index contributed by atoms with van der Waals surface area (Å²) in [7, 11) is 0. The summed E-state index contributed by atoms with van der Waals surface area (Å²) in [5.41, 5.74) is 6.25. The predicted molar refractivity (Wildman–Crippen MR) is 76.1 cm³/mol. The number of imide groups is 1. The van der Waals surface area contributed by atoms with Crippen LogP contribution < -0.4 is 11.1 Å². The lowest BCUT2D eigenvalue weighted by molar-refractivity contribution is -0.131. The van der Waals surface area contributed by atoms with Gasteiger partial charge in [-0.2, -0.15) is 0 Å². The van der Waals surface area contributed by atoms with E-state index in [1.165, 1.54) is 4.90 Å². The number of benzene rings is 1. The Balaban J connectivity index is 1.84. The van der Waals surface area contributed by atoms with E-state index in [4.69, 9.17) is 17.3 Å². The van der Waals surface area contributed by atoms with Crippen molar-refractivity contribution in [3.63, 3.8) is 0 Å². The molecule has 1 saturated carbocycles. The van der Waals surface area contributed by atoms with E-state index in [9.17, 15) is 9.59 Å². The molecule has 1 aliphatic heterocycles. The van der Waals surface area contributed by atoms with Gasteiger partial charge in [0.1, 0.15) is 5.54 Å². The van der Waals surface area contributed by atoms with E-state index in [1.54, 1.807) is 18.2 Å². The molecule has 0 radical (unpaired) electrons. The third-order valence-electron chi connectivity index (χ3n) is 4.11. The minimum absolute atomic E-state index is 0.132. The van der Waals surface area contributed by atoms with Gasteiger partial charge in [-0.3, -0.25) is 9.69 Å². The standard InChI is InChI=1S/C14H16ClN3O2/c15-11-7-10(16)4-3-9(11)8-18-12(19)14(17-13(18)20)5-1-2-6-14/h3-4,7H,1-2,5-6,8,16H2,(H,17,20). The van der Waals surface area contributed by atoms with Gasteiger partial charge in [0, 0.05) is 10.7 Å². The molecule has 1 heterocycles. The van der Waals surface area contributed by atoms with E-state index in [0.717, 1.165) is 31.2 Å². The van der Waals surface area contributed by atoms with Crippen LogP contribution in [0.4, 0.5) is 10.5 Å². The van der Waals surface area contributed by atoms with E-state index >= 15 is 0 Å². The summed E-state index contributed by atoms with van der Waals surface area (Å²) < 4.78 is 0. The molecular formula is C14H16ClN3O2. The minimum Gasteiger partial charge on any atom is -0.399 e. The van der Waals surface area contributed by atoms with E-state index in [2.05, 4.69) is 5.32 Å². The zero-order valence-corrected chi connectivity index (χ0v) is 11.7. The fourth-order valence-corrected chi connectivity index (χ4v) is 3.25. The second-order valence-electron chi connectivity index (χ2n) is 5.46. The lowest BCUT2D eigenvalue weighted by atomic mass is 9.98. The molecule has 20 heavy (non-hydrogen) atoms. The van der Waals surface area contributed by atoms with Crippen molar-refractivity contribution in [2.75, 3.05) is 5.73 Å². The lowest BCUT2D eigenvalue weighted by Crippen LogP contribution is -2.44. The highest BCUT2D eigenvalue weighted by Gasteiger charge is 2.52. The molecule has 2 aliphatic rings. The van der Waals surface area contributed by atoms with Gasteiger partial charge in [0.2, 0.25) is 0 Å². The van der Waals surface area contributed by atoms with Crippen molar-refractivity contribution in [2.24, 2.45) is 0 Å². The summed E-state index contributed by atoms with van der Waals surface area (Å²) in [6.07, 6.45) is 3.40. The van der Waals surface area contributed by atoms with Gasteiger partial charge >= 0.3 is 6.03 Å². The Bertz CT molecular complexity index is 582. The molecule has 1 aromatic rings. The van der Waals surface area contributed by atoms with Gasteiger partial charge in [-0.1, -0.05) is 30.5 Å². The van der Waals surface area contributed by atoms with Gasteiger partial charge in [-0.25, -0.2) is 4.79 Å². The van der Waals surface area contributed by atoms with Crippen molar-refractivity contribution in [1.29, 1.82) is 0 Å². The van der Waals surface area contributed by atoms with E-state index in [1.807, 2.05) is 0 Å². The molecule has 1 aromatic carbocycles. The van der Waals surface area contributed by atoms with Crippen LogP contribution in [0.3, 0.4) is 0 Å². The summed E-state index contributed by atoms with van der Waals surface area (Å²) in [6, 6.07) is 4.76. The predicted octanol–water partition coefficient (Wildman–Crippen LogP) is 2.29. The van der Waals surface area contributed by atoms with Crippen LogP contribution in [0.25, 0.3) is 0 Å². The van der Waals surface area contributed by atoms with Gasteiger partial charge in [0.15, 0.2) is 0 Å². The minimum atomic E-state index is -0.669. The number of hydrogen-bond acceptors (Lipinski definition) is 3. The molecule has 1 spiro atoms. The maximum Gasteiger partial charge on any atom is 0.325 e. The molecule has 2 fully saturated rings. The van der Waals surface area contributed by atoms with Crippen molar-refractivity contribution >= 4 is 29.2 Å². The van der Waals surface area contributed by atoms with Crippen LogP contribution in [-0.4, -0.2) is 22.4 Å². The average Bonchev–Trinajstić information content (AvgIpc) is 2.94. The maximum absolute atomic E-state index is 12.5. The molecule has 1 saturated heterocycles. The number of hydrogen-bond donors (Lipinski definition) is 2. The number of nitrogens with one attached hydrogen (secondary N) is 1. The van der Waals surface area contributed by atoms with E-state index < -0.39 is 5.54 Å². The van der Waals surface area contributed by atoms with E-state index in [0.29, 0.717) is 10.7 Å². The first kappa shape index (κ1) is 13.2. The number of carbonyl (C=O) groups excluding carboxylic acids is 2. The Kier molecular flexibility index (Phi) is 3.09. The molecule has 0 unspecified atom stereocenters. The average molecular weight is 294 g/mol. The normalized spacial score (nSPS) is 20.8. The molecular weight excluding hydrogens is 278 g/mol. The van der Waals surface area contributed by atoms with Gasteiger partial charge in [-0.05, 0) is 30.5 Å². The van der Waals surface area contributed by atoms with E-state index in [-0.39, 0.29) is 18.5 Å². The lowest BCUT2D eigenvalue weighted by Gasteiger charge is -2.20. The first-order valence-electron chi connectivity index (χ1n) is 6.70. The van der Waals surface area contributed by atoms with Crippen molar-refractivity contribution in [1.82, 2.24) is 10.2 Å². The van der Waals surface area contributed by atoms with Crippen LogP contribution in [0.2, 0.25) is 5.02 Å². The summed E-state index contributed by atoms with van der Waals surface area (Å²) in [4.78, 5) is 25.8.